The van der Waals surface area contributed by atoms with E-state index in [0.29, 0.717) is 18.9 Å². The number of esters is 1. The predicted octanol–water partition coefficient (Wildman–Crippen LogP) is 8.68. The van der Waals surface area contributed by atoms with Gasteiger partial charge in [0.25, 0.3) is 0 Å². The number of aliphatic hydroxyl groups excluding tert-OH is 4. The van der Waals surface area contributed by atoms with Crippen LogP contribution in [0.1, 0.15) is 184 Å². The Kier molecular flexibility index (Phi) is 25.1. The summed E-state index contributed by atoms with van der Waals surface area (Å²) in [7, 11) is 3.42. The van der Waals surface area contributed by atoms with Crippen molar-refractivity contribution < 1.29 is 59.1 Å². The minimum absolute atomic E-state index is 0.147. The van der Waals surface area contributed by atoms with E-state index in [1.54, 1.807) is 41.7 Å². The minimum atomic E-state index is -1.94. The molecule has 1 saturated carbocycles. The van der Waals surface area contributed by atoms with Crippen LogP contribution in [0.3, 0.4) is 0 Å². The second-order valence-corrected chi connectivity index (χ2v) is 31.0. The third-order valence-corrected chi connectivity index (χ3v) is 25.0. The number of cyclic esters (lactones) is 1. The maximum atomic E-state index is 14.9. The van der Waals surface area contributed by atoms with Gasteiger partial charge in [0.15, 0.2) is 6.29 Å². The summed E-state index contributed by atoms with van der Waals surface area (Å²) in [6.45, 7) is 18.2. The van der Waals surface area contributed by atoms with Gasteiger partial charge in [0.05, 0.1) is 66.1 Å². The van der Waals surface area contributed by atoms with Gasteiger partial charge >= 0.3 is 5.97 Å². The molecule has 17 heteroatoms. The first-order valence-electron chi connectivity index (χ1n) is 32.7. The van der Waals surface area contributed by atoms with E-state index in [2.05, 4.69) is 77.7 Å². The minimum Gasteiger partial charge on any atom is -0.459 e. The van der Waals surface area contributed by atoms with Crippen molar-refractivity contribution in [2.75, 3.05) is 33.9 Å². The highest BCUT2D eigenvalue weighted by molar-refractivity contribution is 7.95. The second-order valence-electron chi connectivity index (χ2n) is 27.4. The number of ether oxygens (including phenoxy) is 5. The van der Waals surface area contributed by atoms with E-state index < -0.39 is 109 Å². The molecule has 85 heavy (non-hydrogen) atoms. The second kappa shape index (κ2) is 30.7. The van der Waals surface area contributed by atoms with Crippen LogP contribution >= 0.6 is 7.26 Å². The van der Waals surface area contributed by atoms with Gasteiger partial charge in [0.2, 0.25) is 0 Å². The molecule has 4 heterocycles. The van der Waals surface area contributed by atoms with Crippen molar-refractivity contribution in [1.29, 1.82) is 0 Å². The SMILES string of the molecule is CC[C@H]1OC(=O)[C@H](C)[C@@H](C2C[C@@](C)(OC)[C@@H](O)[C@H](C)O2)[C@H](C)[C@@H](O[C@@H]2O[C@H](C)C[C@H](N(C)C)[C@H]2O)[C@](C)(O)C[C@@H](C)CN(C(O)CCCCCCCCCCC[P+](c2ccccc2)(c2ccccc2)c2cnn(C3CCC3)c2)[C@H](C)[C@@H](O)[C@]1(C)O. The van der Waals surface area contributed by atoms with Crippen molar-refractivity contribution in [1.82, 2.24) is 19.6 Å². The molecule has 3 aliphatic heterocycles. The summed E-state index contributed by atoms with van der Waals surface area (Å²) in [5.74, 6) is -3.33. The number of nitrogens with zero attached hydrogens (tertiary/aromatic N) is 4. The first kappa shape index (κ1) is 69.5. The molecule has 1 aromatic heterocycles. The monoisotopic (exact) mass is 1210 g/mol. The average molecular weight is 1210 g/mol. The van der Waals surface area contributed by atoms with Crippen LogP contribution in [-0.4, -0.2) is 180 Å². The summed E-state index contributed by atoms with van der Waals surface area (Å²) in [5.41, 5.74) is -4.65. The first-order chi connectivity index (χ1) is 40.3. The fourth-order valence-electron chi connectivity index (χ4n) is 15.1. The molecule has 16 nitrogen and oxygen atoms in total. The smallest absolute Gasteiger partial charge is 0.309 e. The molecule has 2 unspecified atom stereocenters. The van der Waals surface area contributed by atoms with Gasteiger partial charge in [-0.15, -0.1) is 0 Å². The summed E-state index contributed by atoms with van der Waals surface area (Å²) < 4.78 is 34.5. The van der Waals surface area contributed by atoms with E-state index in [1.807, 2.05) is 51.6 Å². The molecule has 0 radical (unpaired) electrons. The van der Waals surface area contributed by atoms with Crippen LogP contribution in [0.15, 0.2) is 73.1 Å². The number of aromatic nitrogens is 2. The fraction of sp³-hybridized carbons (Fsp3) is 0.765. The standard InChI is InChI=1S/C68H112N4O12P/c1-14-57-68(10,79)61(75)49(6)71(58(73)37-28-20-18-16-15-17-19-21-29-38-85(52-33-24-22-25-34-52,53-35-26-23-27-36-53)54-42-69-72(44-54)51-31-30-32-51)43-45(2)40-66(8,78)63(84-65-60(74)55(70(11)12)39-46(3)81-65)47(4)59(48(5)64(77)83-57)56-41-67(9,80-13)62(76)50(7)82-56/h22-27,33-36,42,44-51,55-63,65,73-76,78-79H,14-21,28-32,37-41,43H2,1-13H3/q+1/t45-,46-,47+,48-,49-,50+,55+,56?,57-,58?,59+,60-,61-,62+,63-,65+,66-,67-,68-/m1/s1. The summed E-state index contributed by atoms with van der Waals surface area (Å²) in [5, 5.41) is 82.5. The van der Waals surface area contributed by atoms with E-state index in [-0.39, 0.29) is 43.9 Å². The van der Waals surface area contributed by atoms with E-state index in [9.17, 15) is 35.4 Å². The number of aliphatic hydroxyl groups is 6. The number of likely N-dealkylation sites (N-methyl/N-ethyl adjacent to an activating group) is 1. The zero-order chi connectivity index (χ0) is 62.0. The predicted molar refractivity (Wildman–Crippen MR) is 338 cm³/mol. The molecule has 1 aliphatic carbocycles. The molecule has 480 valence electrons. The molecule has 0 spiro atoms. The Bertz CT molecular complexity index is 2430. The average Bonchev–Trinajstić information content (AvgIpc) is 3.69. The van der Waals surface area contributed by atoms with Crippen molar-refractivity contribution in [3.63, 3.8) is 0 Å². The molecule has 3 saturated heterocycles. The molecular weight excluding hydrogens is 1100 g/mol. The van der Waals surface area contributed by atoms with Crippen molar-refractivity contribution >= 4 is 29.1 Å². The van der Waals surface area contributed by atoms with E-state index in [0.717, 1.165) is 44.7 Å². The fourth-order valence-corrected chi connectivity index (χ4v) is 19.4. The van der Waals surface area contributed by atoms with Crippen LogP contribution in [-0.2, 0) is 28.5 Å². The summed E-state index contributed by atoms with van der Waals surface area (Å²) in [6.07, 6.45) is 10.9. The number of carbonyl (C=O) groups is 1. The third kappa shape index (κ3) is 16.3. The molecule has 0 amide bonds. The molecular formula is C68H112N4O12P+. The Balaban J connectivity index is 1.03. The lowest BCUT2D eigenvalue weighted by atomic mass is 9.68. The Labute approximate surface area is 511 Å². The molecule has 7 rings (SSSR count). The number of hydrogen-bond acceptors (Lipinski definition) is 15. The number of methoxy groups -OCH3 is 1. The van der Waals surface area contributed by atoms with Gasteiger partial charge in [-0.25, -0.2) is 0 Å². The van der Waals surface area contributed by atoms with Crippen LogP contribution in [0.4, 0.5) is 0 Å². The highest BCUT2D eigenvalue weighted by atomic mass is 31.2. The maximum Gasteiger partial charge on any atom is 0.309 e. The highest BCUT2D eigenvalue weighted by Crippen LogP contribution is 2.56. The zero-order valence-corrected chi connectivity index (χ0v) is 54.9. The maximum absolute atomic E-state index is 14.9. The van der Waals surface area contributed by atoms with Gasteiger partial charge in [-0.1, -0.05) is 103 Å². The van der Waals surface area contributed by atoms with Gasteiger partial charge in [0, 0.05) is 38.1 Å². The van der Waals surface area contributed by atoms with Crippen LogP contribution < -0.4 is 15.9 Å². The lowest BCUT2D eigenvalue weighted by molar-refractivity contribution is -0.302. The lowest BCUT2D eigenvalue weighted by Gasteiger charge is -2.51. The number of carbonyl (C=O) groups excluding carboxylic acids is 1. The van der Waals surface area contributed by atoms with Crippen LogP contribution in [0, 0.1) is 23.7 Å². The Morgan fingerprint density at radius 2 is 1.39 bits per heavy atom. The molecule has 6 N–H and O–H groups in total. The molecule has 3 aromatic rings. The molecule has 4 fully saturated rings. The highest BCUT2D eigenvalue weighted by Gasteiger charge is 2.56. The molecule has 2 aromatic carbocycles. The summed E-state index contributed by atoms with van der Waals surface area (Å²) in [4.78, 5) is 18.6. The van der Waals surface area contributed by atoms with Gasteiger partial charge in [-0.05, 0) is 156 Å². The quantitative estimate of drug-likeness (QED) is 0.0298. The van der Waals surface area contributed by atoms with Gasteiger partial charge in [0.1, 0.15) is 59.4 Å². The number of rotatable bonds is 23. The third-order valence-electron chi connectivity index (χ3n) is 20.5. The zero-order valence-electron chi connectivity index (χ0n) is 54.0. The lowest BCUT2D eigenvalue weighted by Crippen LogP contribution is -2.61. The normalized spacial score (nSPS) is 36.5. The topological polar surface area (TPSA) is 209 Å². The van der Waals surface area contributed by atoms with Crippen LogP contribution in [0.2, 0.25) is 0 Å². The van der Waals surface area contributed by atoms with E-state index in [1.165, 1.54) is 61.4 Å². The first-order valence-corrected chi connectivity index (χ1v) is 34.6. The van der Waals surface area contributed by atoms with Crippen molar-refractivity contribution in [3.05, 3.63) is 73.1 Å². The Morgan fingerprint density at radius 1 is 0.800 bits per heavy atom. The Hall–Kier alpha value is -2.93. The number of benzene rings is 2. The van der Waals surface area contributed by atoms with E-state index >= 15 is 0 Å². The van der Waals surface area contributed by atoms with Crippen molar-refractivity contribution in [2.24, 2.45) is 23.7 Å². The summed E-state index contributed by atoms with van der Waals surface area (Å²) in [6, 6.07) is 21.7. The Morgan fingerprint density at radius 3 is 1.94 bits per heavy atom. The number of unbranched alkanes of at least 4 members (excludes halogenated alkanes) is 8. The number of hydrogen-bond donors (Lipinski definition) is 6. The van der Waals surface area contributed by atoms with Crippen LogP contribution in [0.5, 0.6) is 0 Å². The molecule has 19 atom stereocenters. The van der Waals surface area contributed by atoms with Gasteiger partial charge < -0.3 is 59.2 Å². The van der Waals surface area contributed by atoms with E-state index in [4.69, 9.17) is 28.8 Å². The molecule has 0 bridgehead atoms. The van der Waals surface area contributed by atoms with Crippen molar-refractivity contribution in [3.8, 4) is 0 Å². The van der Waals surface area contributed by atoms with Gasteiger partial charge in [-0.3, -0.25) is 14.4 Å². The largest absolute Gasteiger partial charge is 0.459 e. The summed E-state index contributed by atoms with van der Waals surface area (Å²) >= 11 is 0. The van der Waals surface area contributed by atoms with Gasteiger partial charge in [-0.2, -0.15) is 5.10 Å². The van der Waals surface area contributed by atoms with Crippen LogP contribution in [0.25, 0.3) is 0 Å². The molecule has 4 aliphatic rings. The van der Waals surface area contributed by atoms with Crippen molar-refractivity contribution in [2.45, 2.75) is 275 Å².